The van der Waals surface area contributed by atoms with E-state index in [0.29, 0.717) is 17.0 Å². The highest BCUT2D eigenvalue weighted by atomic mass is 32.2. The molecule has 0 saturated carbocycles. The normalized spacial score (nSPS) is 11.4. The number of rotatable bonds is 9. The summed E-state index contributed by atoms with van der Waals surface area (Å²) in [6.45, 7) is 5.76. The molecule has 0 spiro atoms. The van der Waals surface area contributed by atoms with Gasteiger partial charge in [-0.3, -0.25) is 4.31 Å². The molecule has 0 amide bonds. The van der Waals surface area contributed by atoms with Crippen molar-refractivity contribution < 1.29 is 23.1 Å². The van der Waals surface area contributed by atoms with E-state index in [0.717, 1.165) is 11.1 Å². The fraction of sp³-hybridized carbons (Fsp3) is 0.240. The van der Waals surface area contributed by atoms with Crippen LogP contribution in [0.5, 0.6) is 5.75 Å². The largest absolute Gasteiger partial charge is 0.487 e. The van der Waals surface area contributed by atoms with Crippen molar-refractivity contribution in [2.75, 3.05) is 4.31 Å². The maximum atomic E-state index is 13.4. The third kappa shape index (κ3) is 5.68. The smallest absolute Gasteiger partial charge is 0.335 e. The first-order chi connectivity index (χ1) is 15.2. The molecular formula is C25H27NO5S. The Labute approximate surface area is 189 Å². The molecule has 1 N–H and O–H groups in total. The molecule has 0 unspecified atom stereocenters. The molecule has 0 fully saturated rings. The van der Waals surface area contributed by atoms with Crippen LogP contribution in [-0.4, -0.2) is 25.5 Å². The zero-order chi connectivity index (χ0) is 23.3. The van der Waals surface area contributed by atoms with Crippen LogP contribution in [0.2, 0.25) is 0 Å². The summed E-state index contributed by atoms with van der Waals surface area (Å²) < 4.78 is 34.2. The minimum Gasteiger partial charge on any atom is -0.487 e. The molecule has 0 radical (unpaired) electrons. The molecular weight excluding hydrogens is 426 g/mol. The fourth-order valence-electron chi connectivity index (χ4n) is 3.43. The van der Waals surface area contributed by atoms with Crippen molar-refractivity contribution in [3.05, 3.63) is 95.1 Å². The minimum absolute atomic E-state index is 0.115. The van der Waals surface area contributed by atoms with Gasteiger partial charge in [0.2, 0.25) is 10.0 Å². The van der Waals surface area contributed by atoms with Crippen LogP contribution in [-0.2, 0) is 22.4 Å². The van der Waals surface area contributed by atoms with Crippen LogP contribution in [0.25, 0.3) is 0 Å². The molecule has 0 saturated heterocycles. The van der Waals surface area contributed by atoms with Gasteiger partial charge in [-0.2, -0.15) is 0 Å². The van der Waals surface area contributed by atoms with Crippen LogP contribution < -0.4 is 9.04 Å². The van der Waals surface area contributed by atoms with Gasteiger partial charge in [0.1, 0.15) is 12.4 Å². The predicted molar refractivity (Wildman–Crippen MR) is 126 cm³/mol. The molecule has 0 heterocycles. The maximum absolute atomic E-state index is 13.4. The summed E-state index contributed by atoms with van der Waals surface area (Å²) in [5.41, 5.74) is 3.11. The number of sulfonamides is 1. The number of carbonyl (C=O) groups is 1. The quantitative estimate of drug-likeness (QED) is 0.492. The Kier molecular flexibility index (Phi) is 7.20. The molecule has 0 aliphatic rings. The van der Waals surface area contributed by atoms with Crippen LogP contribution in [0.15, 0.2) is 72.8 Å². The monoisotopic (exact) mass is 453 g/mol. The highest BCUT2D eigenvalue weighted by molar-refractivity contribution is 7.92. The second-order valence-corrected chi connectivity index (χ2v) is 9.74. The summed E-state index contributed by atoms with van der Waals surface area (Å²) >= 11 is 0. The number of anilines is 1. The Morgan fingerprint density at radius 2 is 1.62 bits per heavy atom. The highest BCUT2D eigenvalue weighted by Crippen LogP contribution is 2.34. The van der Waals surface area contributed by atoms with Gasteiger partial charge >= 0.3 is 5.97 Å². The summed E-state index contributed by atoms with van der Waals surface area (Å²) in [5, 5.41) is 9.05. The van der Waals surface area contributed by atoms with Crippen molar-refractivity contribution in [2.45, 2.75) is 39.2 Å². The topological polar surface area (TPSA) is 83.9 Å². The molecule has 0 aliphatic heterocycles. The van der Waals surface area contributed by atoms with Gasteiger partial charge in [0.25, 0.3) is 0 Å². The Morgan fingerprint density at radius 3 is 2.22 bits per heavy atom. The Morgan fingerprint density at radius 1 is 0.969 bits per heavy atom. The van der Waals surface area contributed by atoms with E-state index in [4.69, 9.17) is 9.84 Å². The lowest BCUT2D eigenvalue weighted by molar-refractivity contribution is 0.0697. The van der Waals surface area contributed by atoms with Gasteiger partial charge in [-0.05, 0) is 61.7 Å². The van der Waals surface area contributed by atoms with E-state index in [1.54, 1.807) is 30.3 Å². The van der Waals surface area contributed by atoms with Crippen LogP contribution >= 0.6 is 0 Å². The van der Waals surface area contributed by atoms with Crippen molar-refractivity contribution in [1.29, 1.82) is 0 Å². The number of nitrogens with zero attached hydrogens (tertiary/aromatic N) is 1. The molecule has 3 aromatic carbocycles. The van der Waals surface area contributed by atoms with E-state index in [2.05, 4.69) is 0 Å². The van der Waals surface area contributed by atoms with E-state index >= 15 is 0 Å². The third-order valence-corrected chi connectivity index (χ3v) is 6.82. The second kappa shape index (κ2) is 9.87. The molecule has 7 heteroatoms. The minimum atomic E-state index is -3.67. The van der Waals surface area contributed by atoms with Gasteiger partial charge in [-0.1, -0.05) is 48.5 Å². The van der Waals surface area contributed by atoms with Crippen LogP contribution in [0.1, 0.15) is 40.9 Å². The summed E-state index contributed by atoms with van der Waals surface area (Å²) in [7, 11) is -3.67. The van der Waals surface area contributed by atoms with Gasteiger partial charge < -0.3 is 9.84 Å². The first-order valence-electron chi connectivity index (χ1n) is 10.3. The second-order valence-electron chi connectivity index (χ2n) is 7.89. The van der Waals surface area contributed by atoms with Crippen molar-refractivity contribution >= 4 is 21.7 Å². The van der Waals surface area contributed by atoms with Crippen LogP contribution in [0.3, 0.4) is 0 Å². The van der Waals surface area contributed by atoms with Crippen molar-refractivity contribution in [3.63, 3.8) is 0 Å². The van der Waals surface area contributed by atoms with E-state index in [-0.39, 0.29) is 24.0 Å². The first kappa shape index (κ1) is 23.3. The van der Waals surface area contributed by atoms with E-state index in [1.165, 1.54) is 16.4 Å². The summed E-state index contributed by atoms with van der Waals surface area (Å²) in [6, 6.07) is 20.6. The number of benzene rings is 3. The Hall–Kier alpha value is -3.32. The molecule has 0 aromatic heterocycles. The average Bonchev–Trinajstić information content (AvgIpc) is 2.74. The number of carboxylic acid groups (broad SMARTS) is 1. The van der Waals surface area contributed by atoms with Gasteiger partial charge in [0.15, 0.2) is 0 Å². The molecule has 0 bridgehead atoms. The maximum Gasteiger partial charge on any atom is 0.335 e. The molecule has 0 aliphatic carbocycles. The zero-order valence-corrected chi connectivity index (χ0v) is 19.2. The molecule has 32 heavy (non-hydrogen) atoms. The molecule has 3 aromatic rings. The van der Waals surface area contributed by atoms with Crippen molar-refractivity contribution in [1.82, 2.24) is 0 Å². The molecule has 0 atom stereocenters. The molecule has 3 rings (SSSR count). The molecule has 6 nitrogen and oxygen atoms in total. The van der Waals surface area contributed by atoms with Crippen LogP contribution in [0.4, 0.5) is 5.69 Å². The number of hydrogen-bond donors (Lipinski definition) is 1. The van der Waals surface area contributed by atoms with Gasteiger partial charge in [-0.15, -0.1) is 0 Å². The predicted octanol–water partition coefficient (Wildman–Crippen LogP) is 5.02. The Balaban J connectivity index is 1.90. The number of aryl methyl sites for hydroxylation is 1. The third-order valence-electron chi connectivity index (χ3n) is 4.91. The highest BCUT2D eigenvalue weighted by Gasteiger charge is 2.28. The standard InChI is InChI=1S/C25H27NO5S/c1-18(2)26(32(29,30)17-21-7-5-4-6-8-21)23-14-9-19(3)15-24(23)31-16-20-10-12-22(13-11-20)25(27)28/h4-15,18H,16-17H2,1-3H3,(H,27,28). The number of carboxylic acids is 1. The summed E-state index contributed by atoms with van der Waals surface area (Å²) in [4.78, 5) is 11.0. The zero-order valence-electron chi connectivity index (χ0n) is 18.4. The van der Waals surface area contributed by atoms with E-state index in [1.807, 2.05) is 51.1 Å². The SMILES string of the molecule is Cc1ccc(N(C(C)C)S(=O)(=O)Cc2ccccc2)c(OCc2ccc(C(=O)O)cc2)c1. The van der Waals surface area contributed by atoms with Gasteiger partial charge in [0, 0.05) is 6.04 Å². The van der Waals surface area contributed by atoms with Crippen molar-refractivity contribution in [2.24, 2.45) is 0 Å². The fourth-order valence-corrected chi connectivity index (χ4v) is 5.27. The molecule has 168 valence electrons. The summed E-state index contributed by atoms with van der Waals surface area (Å²) in [6.07, 6.45) is 0. The van der Waals surface area contributed by atoms with E-state index < -0.39 is 16.0 Å². The number of aromatic carboxylic acids is 1. The van der Waals surface area contributed by atoms with Gasteiger partial charge in [0.05, 0.1) is 17.0 Å². The number of ether oxygens (including phenoxy) is 1. The average molecular weight is 454 g/mol. The number of hydrogen-bond acceptors (Lipinski definition) is 4. The van der Waals surface area contributed by atoms with Crippen molar-refractivity contribution in [3.8, 4) is 5.75 Å². The summed E-state index contributed by atoms with van der Waals surface area (Å²) in [5.74, 6) is -0.650. The van der Waals surface area contributed by atoms with E-state index in [9.17, 15) is 13.2 Å². The lowest BCUT2D eigenvalue weighted by atomic mass is 10.1. The Bertz CT molecular complexity index is 1170. The first-order valence-corrected chi connectivity index (χ1v) is 11.9. The van der Waals surface area contributed by atoms with Gasteiger partial charge in [-0.25, -0.2) is 13.2 Å². The lowest BCUT2D eigenvalue weighted by Gasteiger charge is -2.30. The van der Waals surface area contributed by atoms with Crippen LogP contribution in [0, 0.1) is 6.92 Å². The lowest BCUT2D eigenvalue weighted by Crippen LogP contribution is -2.38.